The molecule has 0 bridgehead atoms. The third-order valence-corrected chi connectivity index (χ3v) is 9.02. The molecule has 3 aliphatic rings. The highest BCUT2D eigenvalue weighted by atomic mass is 16.5. The molecule has 6 aromatic rings. The van der Waals surface area contributed by atoms with Gasteiger partial charge in [0, 0.05) is 57.2 Å². The lowest BCUT2D eigenvalue weighted by Gasteiger charge is -2.23. The fourth-order valence-electron chi connectivity index (χ4n) is 6.90. The number of nitrogens with one attached hydrogen (secondary N) is 1. The zero-order chi connectivity index (χ0) is 29.7. The number of ether oxygens (including phenoxy) is 2. The van der Waals surface area contributed by atoms with Crippen molar-refractivity contribution in [1.29, 1.82) is 0 Å². The minimum atomic E-state index is 0.770. The second kappa shape index (κ2) is 10.5. The molecule has 4 heteroatoms. The molecule has 4 nitrogen and oxygen atoms in total. The minimum absolute atomic E-state index is 0.770. The van der Waals surface area contributed by atoms with Crippen molar-refractivity contribution >= 4 is 22.6 Å². The molecule has 5 aromatic carbocycles. The van der Waals surface area contributed by atoms with Crippen molar-refractivity contribution in [2.45, 2.75) is 12.8 Å². The van der Waals surface area contributed by atoms with E-state index in [-0.39, 0.29) is 0 Å². The Hall–Kier alpha value is -5.74. The first-order valence-corrected chi connectivity index (χ1v) is 15.5. The van der Waals surface area contributed by atoms with Crippen molar-refractivity contribution < 1.29 is 9.47 Å². The van der Waals surface area contributed by atoms with Gasteiger partial charge in [-0.3, -0.25) is 0 Å². The summed E-state index contributed by atoms with van der Waals surface area (Å²) >= 11 is 0. The van der Waals surface area contributed by atoms with Gasteiger partial charge in [-0.05, 0) is 78.7 Å². The number of para-hydroxylation sites is 3. The van der Waals surface area contributed by atoms with Crippen molar-refractivity contribution in [3.05, 3.63) is 150 Å². The Balaban J connectivity index is 1.29. The normalized spacial score (nSPS) is 14.4. The number of hydrogen-bond acceptors (Lipinski definition) is 3. The molecule has 1 N–H and O–H groups in total. The lowest BCUT2D eigenvalue weighted by atomic mass is 9.96. The van der Waals surface area contributed by atoms with Crippen LogP contribution in [-0.2, 0) is 6.42 Å². The smallest absolute Gasteiger partial charge is 0.137 e. The lowest BCUT2D eigenvalue weighted by molar-refractivity contribution is 0.472. The second-order valence-electron chi connectivity index (χ2n) is 11.7. The van der Waals surface area contributed by atoms with Crippen LogP contribution in [0.1, 0.15) is 23.2 Å². The molecule has 2 aliphatic heterocycles. The van der Waals surface area contributed by atoms with Gasteiger partial charge in [-0.15, -0.1) is 0 Å². The van der Waals surface area contributed by atoms with Crippen LogP contribution in [0.4, 0.5) is 0 Å². The Kier molecular flexibility index (Phi) is 5.98. The van der Waals surface area contributed by atoms with Crippen molar-refractivity contribution in [2.75, 3.05) is 6.54 Å². The molecule has 0 unspecified atom stereocenters. The summed E-state index contributed by atoms with van der Waals surface area (Å²) in [6.45, 7) is 0.770. The minimum Gasteiger partial charge on any atom is -0.456 e. The number of hydrogen-bond donors (Lipinski definition) is 1. The Bertz CT molecular complexity index is 2230. The van der Waals surface area contributed by atoms with Crippen LogP contribution in [-0.4, -0.2) is 11.1 Å². The Morgan fingerprint density at radius 2 is 1.33 bits per heavy atom. The predicted octanol–water partition coefficient (Wildman–Crippen LogP) is 10.3. The molecule has 0 saturated heterocycles. The zero-order valence-corrected chi connectivity index (χ0v) is 24.7. The summed E-state index contributed by atoms with van der Waals surface area (Å²) in [5.74, 6) is 3.17. The van der Waals surface area contributed by atoms with E-state index < -0.39 is 0 Å². The molecule has 1 aliphatic carbocycles. The van der Waals surface area contributed by atoms with Crippen LogP contribution < -0.4 is 14.8 Å². The highest BCUT2D eigenvalue weighted by molar-refractivity contribution is 5.94. The predicted molar refractivity (Wildman–Crippen MR) is 183 cm³/mol. The maximum Gasteiger partial charge on any atom is 0.137 e. The molecule has 0 atom stereocenters. The molecule has 216 valence electrons. The molecule has 0 amide bonds. The maximum atomic E-state index is 6.96. The van der Waals surface area contributed by atoms with Crippen LogP contribution in [0.2, 0.25) is 0 Å². The number of aromatic nitrogens is 1. The van der Waals surface area contributed by atoms with Gasteiger partial charge < -0.3 is 19.4 Å². The van der Waals surface area contributed by atoms with Gasteiger partial charge in [0.25, 0.3) is 0 Å². The first-order valence-electron chi connectivity index (χ1n) is 15.5. The van der Waals surface area contributed by atoms with Crippen molar-refractivity contribution in [1.82, 2.24) is 9.88 Å². The molecule has 45 heavy (non-hydrogen) atoms. The van der Waals surface area contributed by atoms with E-state index in [0.717, 1.165) is 75.9 Å². The highest BCUT2D eigenvalue weighted by Gasteiger charge is 2.23. The Morgan fingerprint density at radius 3 is 2.11 bits per heavy atom. The average Bonchev–Trinajstić information content (AvgIpc) is 3.44. The van der Waals surface area contributed by atoms with E-state index >= 15 is 0 Å². The van der Waals surface area contributed by atoms with Crippen LogP contribution >= 0.6 is 0 Å². The van der Waals surface area contributed by atoms with Gasteiger partial charge in [0.2, 0.25) is 0 Å². The van der Waals surface area contributed by atoms with Gasteiger partial charge in [0.15, 0.2) is 0 Å². The fourth-order valence-corrected chi connectivity index (χ4v) is 6.90. The standard InChI is InChI=1S/C41H30N2O2/c1-5-15-36-30(11-1)31-12-2-6-16-37(31)43(36)29-20-22-35-34-21-19-27(28-10-9-23-42-26-28)24-40(34)44-38-17-7-3-13-32(38)33-14-4-8-18-39(33)45-41(35)25-29/h1-5,7-15,17-25,42H,6,16,26H2. The molecule has 0 fully saturated rings. The van der Waals surface area contributed by atoms with Crippen molar-refractivity contribution in [3.8, 4) is 50.9 Å². The largest absolute Gasteiger partial charge is 0.456 e. The van der Waals surface area contributed by atoms with E-state index in [4.69, 9.17) is 9.47 Å². The van der Waals surface area contributed by atoms with Gasteiger partial charge in [0.1, 0.15) is 23.0 Å². The summed E-state index contributed by atoms with van der Waals surface area (Å²) in [6, 6.07) is 38.2. The van der Waals surface area contributed by atoms with Crippen LogP contribution in [0.3, 0.4) is 0 Å². The molecular weight excluding hydrogens is 552 g/mol. The summed E-state index contributed by atoms with van der Waals surface area (Å²) in [5.41, 5.74) is 11.2. The monoisotopic (exact) mass is 582 g/mol. The lowest BCUT2D eigenvalue weighted by Crippen LogP contribution is -2.11. The summed E-state index contributed by atoms with van der Waals surface area (Å²) in [4.78, 5) is 0. The summed E-state index contributed by atoms with van der Waals surface area (Å²) in [6.07, 6.45) is 12.8. The number of allylic oxidation sites excluding steroid dienone is 3. The highest BCUT2D eigenvalue weighted by Crippen LogP contribution is 2.48. The van der Waals surface area contributed by atoms with E-state index in [2.05, 4.69) is 107 Å². The Morgan fingerprint density at radius 1 is 0.644 bits per heavy atom. The topological polar surface area (TPSA) is 35.4 Å². The quantitative estimate of drug-likeness (QED) is 0.220. The van der Waals surface area contributed by atoms with Crippen LogP contribution in [0, 0.1) is 0 Å². The summed E-state index contributed by atoms with van der Waals surface area (Å²) in [7, 11) is 0. The zero-order valence-electron chi connectivity index (χ0n) is 24.7. The van der Waals surface area contributed by atoms with Crippen LogP contribution in [0.5, 0.6) is 23.0 Å². The summed E-state index contributed by atoms with van der Waals surface area (Å²) in [5, 5.41) is 4.61. The van der Waals surface area contributed by atoms with Gasteiger partial charge in [0.05, 0.1) is 5.52 Å². The molecule has 0 spiro atoms. The number of nitrogens with zero attached hydrogens (tertiary/aromatic N) is 1. The summed E-state index contributed by atoms with van der Waals surface area (Å²) < 4.78 is 16.2. The van der Waals surface area contributed by atoms with Crippen molar-refractivity contribution in [3.63, 3.8) is 0 Å². The van der Waals surface area contributed by atoms with Gasteiger partial charge in [-0.1, -0.05) is 78.9 Å². The van der Waals surface area contributed by atoms with Gasteiger partial charge >= 0.3 is 0 Å². The molecule has 0 radical (unpaired) electrons. The number of fused-ring (bicyclic) bond motifs is 9. The van der Waals surface area contributed by atoms with E-state index in [9.17, 15) is 0 Å². The first-order chi connectivity index (χ1) is 22.3. The van der Waals surface area contributed by atoms with Gasteiger partial charge in [-0.2, -0.15) is 0 Å². The Labute approximate surface area is 262 Å². The SMILES string of the molecule is C1=CNCC(c2ccc3c(c2)Oc2ccccc2-c2ccccc2Oc2cc(-n4c5c(c6ccccc64)C=CCC5)ccc2-3)=C1. The number of dihydropyridines is 1. The number of benzene rings is 5. The molecule has 1 aromatic heterocycles. The van der Waals surface area contributed by atoms with Gasteiger partial charge in [-0.25, -0.2) is 0 Å². The third-order valence-electron chi connectivity index (χ3n) is 9.02. The molecular formula is C41H30N2O2. The van der Waals surface area contributed by atoms with Crippen LogP contribution in [0.15, 0.2) is 134 Å². The molecule has 3 heterocycles. The molecule has 9 rings (SSSR count). The maximum absolute atomic E-state index is 6.96. The first kappa shape index (κ1) is 25.7. The van der Waals surface area contributed by atoms with E-state index in [0.29, 0.717) is 0 Å². The average molecular weight is 583 g/mol. The van der Waals surface area contributed by atoms with E-state index in [1.54, 1.807) is 0 Å². The number of rotatable bonds is 2. The third kappa shape index (κ3) is 4.29. The van der Waals surface area contributed by atoms with E-state index in [1.807, 2.05) is 42.6 Å². The van der Waals surface area contributed by atoms with Crippen LogP contribution in [0.25, 0.3) is 50.5 Å². The second-order valence-corrected chi connectivity index (χ2v) is 11.7. The van der Waals surface area contributed by atoms with Crippen molar-refractivity contribution in [2.24, 2.45) is 0 Å². The van der Waals surface area contributed by atoms with E-state index in [1.165, 1.54) is 27.7 Å². The fraction of sp³-hybridized carbons (Fsp3) is 0.0732. The molecule has 0 saturated carbocycles.